The van der Waals surface area contributed by atoms with Crippen LogP contribution in [0.25, 0.3) is 0 Å². The maximum atomic E-state index is 14.3. The number of hydrogen-bond acceptors (Lipinski definition) is 3. The van der Waals surface area contributed by atoms with Crippen LogP contribution in [0.4, 0.5) is 4.39 Å². The van der Waals surface area contributed by atoms with Gasteiger partial charge in [0.2, 0.25) is 0 Å². The molecule has 2 aliphatic heterocycles. The van der Waals surface area contributed by atoms with Gasteiger partial charge in [0.05, 0.1) is 6.61 Å². The number of nitrogens with zero attached hydrogens (tertiary/aromatic N) is 2. The minimum Gasteiger partial charge on any atom is -0.380 e. The largest absolute Gasteiger partial charge is 0.380 e. The molecule has 2 fully saturated rings. The Morgan fingerprint density at radius 1 is 1.18 bits per heavy atom. The average Bonchev–Trinajstić information content (AvgIpc) is 2.57. The fourth-order valence-electron chi connectivity index (χ4n) is 2.89. The third-order valence-electron chi connectivity index (χ3n) is 3.99. The Kier molecular flexibility index (Phi) is 4.77. The van der Waals surface area contributed by atoms with Crippen LogP contribution in [-0.4, -0.2) is 67.4 Å². The van der Waals surface area contributed by atoms with E-state index in [4.69, 9.17) is 4.74 Å². The van der Waals surface area contributed by atoms with Gasteiger partial charge in [-0.15, -0.1) is 0 Å². The minimum atomic E-state index is -0.704. The molecule has 0 N–H and O–H groups in total. The number of ether oxygens (including phenoxy) is 1. The molecule has 0 bridgehead atoms. The second-order valence-electron chi connectivity index (χ2n) is 5.46. The molecule has 0 amide bonds. The van der Waals surface area contributed by atoms with E-state index in [-0.39, 0.29) is 6.04 Å². The van der Waals surface area contributed by atoms with Gasteiger partial charge in [0.1, 0.15) is 6.17 Å². The summed E-state index contributed by atoms with van der Waals surface area (Å²) in [5.74, 6) is 0. The van der Waals surface area contributed by atoms with E-state index in [1.54, 1.807) is 0 Å². The molecule has 0 saturated carbocycles. The van der Waals surface area contributed by atoms with Crippen LogP contribution in [0.5, 0.6) is 0 Å². The molecule has 2 unspecified atom stereocenters. The summed E-state index contributed by atoms with van der Waals surface area (Å²) in [5.41, 5.74) is 0. The zero-order valence-electron chi connectivity index (χ0n) is 11.1. The van der Waals surface area contributed by atoms with E-state index in [0.717, 1.165) is 45.7 Å². The molecule has 2 saturated heterocycles. The first-order chi connectivity index (χ1) is 8.18. The van der Waals surface area contributed by atoms with Crippen molar-refractivity contribution in [3.05, 3.63) is 0 Å². The van der Waals surface area contributed by atoms with Crippen molar-refractivity contribution in [3.8, 4) is 0 Å². The van der Waals surface area contributed by atoms with Gasteiger partial charge in [-0.05, 0) is 26.7 Å². The molecule has 0 aromatic heterocycles. The van der Waals surface area contributed by atoms with Crippen molar-refractivity contribution in [2.75, 3.05) is 39.4 Å². The molecular formula is C13H25FN2O. The average molecular weight is 244 g/mol. The van der Waals surface area contributed by atoms with Gasteiger partial charge in [-0.25, -0.2) is 4.39 Å². The fraction of sp³-hybridized carbons (Fsp3) is 1.00. The summed E-state index contributed by atoms with van der Waals surface area (Å²) >= 11 is 0. The number of rotatable bonds is 2. The Balaban J connectivity index is 1.89. The van der Waals surface area contributed by atoms with E-state index in [2.05, 4.69) is 23.6 Å². The molecule has 0 aromatic carbocycles. The van der Waals surface area contributed by atoms with Crippen molar-refractivity contribution >= 4 is 0 Å². The molecule has 0 aliphatic carbocycles. The van der Waals surface area contributed by atoms with Gasteiger partial charge in [-0.3, -0.25) is 9.80 Å². The smallest absolute Gasteiger partial charge is 0.128 e. The fourth-order valence-corrected chi connectivity index (χ4v) is 2.89. The normalized spacial score (nSPS) is 33.9. The lowest BCUT2D eigenvalue weighted by Crippen LogP contribution is -2.54. The van der Waals surface area contributed by atoms with Crippen molar-refractivity contribution in [1.29, 1.82) is 0 Å². The SMILES string of the molecule is CC(C)N1CCC(N2CCCOCC2)C(F)C1. The summed E-state index contributed by atoms with van der Waals surface area (Å²) in [6, 6.07) is 0.577. The molecule has 100 valence electrons. The zero-order valence-corrected chi connectivity index (χ0v) is 11.1. The van der Waals surface area contributed by atoms with Gasteiger partial charge in [0, 0.05) is 44.9 Å². The molecule has 0 spiro atoms. The lowest BCUT2D eigenvalue weighted by atomic mass is 10.00. The molecule has 0 aromatic rings. The van der Waals surface area contributed by atoms with Crippen LogP contribution >= 0.6 is 0 Å². The highest BCUT2D eigenvalue weighted by Gasteiger charge is 2.34. The van der Waals surface area contributed by atoms with Gasteiger partial charge < -0.3 is 4.74 Å². The molecule has 4 heteroatoms. The van der Waals surface area contributed by atoms with E-state index in [1.807, 2.05) is 0 Å². The van der Waals surface area contributed by atoms with Gasteiger partial charge in [0.15, 0.2) is 0 Å². The van der Waals surface area contributed by atoms with E-state index in [1.165, 1.54) is 0 Å². The summed E-state index contributed by atoms with van der Waals surface area (Å²) in [7, 11) is 0. The Bertz CT molecular complexity index is 229. The van der Waals surface area contributed by atoms with Crippen molar-refractivity contribution in [3.63, 3.8) is 0 Å². The molecule has 2 heterocycles. The van der Waals surface area contributed by atoms with Crippen LogP contribution in [-0.2, 0) is 4.74 Å². The molecule has 17 heavy (non-hydrogen) atoms. The van der Waals surface area contributed by atoms with Crippen LogP contribution < -0.4 is 0 Å². The number of piperidine rings is 1. The Morgan fingerprint density at radius 3 is 2.71 bits per heavy atom. The lowest BCUT2D eigenvalue weighted by Gasteiger charge is -2.41. The molecule has 2 atom stereocenters. The maximum absolute atomic E-state index is 14.3. The number of alkyl halides is 1. The third-order valence-corrected chi connectivity index (χ3v) is 3.99. The monoisotopic (exact) mass is 244 g/mol. The highest BCUT2D eigenvalue weighted by atomic mass is 19.1. The summed E-state index contributed by atoms with van der Waals surface area (Å²) in [4.78, 5) is 4.55. The second-order valence-corrected chi connectivity index (χ2v) is 5.46. The summed E-state index contributed by atoms with van der Waals surface area (Å²) in [6.45, 7) is 9.40. The third kappa shape index (κ3) is 3.39. The van der Waals surface area contributed by atoms with Crippen molar-refractivity contribution < 1.29 is 9.13 Å². The van der Waals surface area contributed by atoms with Gasteiger partial charge in [0.25, 0.3) is 0 Å². The van der Waals surface area contributed by atoms with Crippen molar-refractivity contribution in [2.45, 2.75) is 44.9 Å². The van der Waals surface area contributed by atoms with Crippen LogP contribution in [0, 0.1) is 0 Å². The minimum absolute atomic E-state index is 0.117. The van der Waals surface area contributed by atoms with Crippen LogP contribution in [0.3, 0.4) is 0 Å². The Hall–Kier alpha value is -0.190. The topological polar surface area (TPSA) is 15.7 Å². The quantitative estimate of drug-likeness (QED) is 0.732. The number of hydrogen-bond donors (Lipinski definition) is 0. The highest BCUT2D eigenvalue weighted by Crippen LogP contribution is 2.22. The summed E-state index contributed by atoms with van der Waals surface area (Å²) in [6.07, 6.45) is 1.29. The lowest BCUT2D eigenvalue weighted by molar-refractivity contribution is 0.0212. The predicted octanol–water partition coefficient (Wildman–Crippen LogP) is 1.53. The standard InChI is InChI=1S/C13H25FN2O/c1-11(2)16-6-4-13(12(14)10-16)15-5-3-8-17-9-7-15/h11-13H,3-10H2,1-2H3. The first-order valence-electron chi connectivity index (χ1n) is 6.88. The number of likely N-dealkylation sites (tertiary alicyclic amines) is 1. The zero-order chi connectivity index (χ0) is 12.3. The highest BCUT2D eigenvalue weighted by molar-refractivity contribution is 4.88. The Morgan fingerprint density at radius 2 is 2.00 bits per heavy atom. The van der Waals surface area contributed by atoms with E-state index in [9.17, 15) is 4.39 Å². The number of halogens is 1. The Labute approximate surface area is 104 Å². The predicted molar refractivity (Wildman–Crippen MR) is 67.0 cm³/mol. The first kappa shape index (κ1) is 13.2. The van der Waals surface area contributed by atoms with Crippen molar-refractivity contribution in [1.82, 2.24) is 9.80 Å². The summed E-state index contributed by atoms with van der Waals surface area (Å²) in [5, 5.41) is 0. The molecule has 3 nitrogen and oxygen atoms in total. The first-order valence-corrected chi connectivity index (χ1v) is 6.88. The van der Waals surface area contributed by atoms with Crippen molar-refractivity contribution in [2.24, 2.45) is 0 Å². The van der Waals surface area contributed by atoms with E-state index < -0.39 is 6.17 Å². The van der Waals surface area contributed by atoms with Crippen LogP contribution in [0.2, 0.25) is 0 Å². The van der Waals surface area contributed by atoms with E-state index in [0.29, 0.717) is 12.6 Å². The maximum Gasteiger partial charge on any atom is 0.128 e. The summed E-state index contributed by atoms with van der Waals surface area (Å²) < 4.78 is 19.7. The van der Waals surface area contributed by atoms with Gasteiger partial charge >= 0.3 is 0 Å². The van der Waals surface area contributed by atoms with E-state index >= 15 is 0 Å². The van der Waals surface area contributed by atoms with Gasteiger partial charge in [-0.1, -0.05) is 0 Å². The van der Waals surface area contributed by atoms with Crippen LogP contribution in [0.1, 0.15) is 26.7 Å². The second kappa shape index (κ2) is 6.12. The van der Waals surface area contributed by atoms with Crippen LogP contribution in [0.15, 0.2) is 0 Å². The van der Waals surface area contributed by atoms with Gasteiger partial charge in [-0.2, -0.15) is 0 Å². The molecule has 2 rings (SSSR count). The molecule has 2 aliphatic rings. The molecule has 0 radical (unpaired) electrons. The molecular weight excluding hydrogens is 219 g/mol.